The van der Waals surface area contributed by atoms with Gasteiger partial charge in [0.2, 0.25) is 0 Å². The number of hydrogen-bond acceptors (Lipinski definition) is 3. The van der Waals surface area contributed by atoms with Gasteiger partial charge in [-0.3, -0.25) is 4.90 Å². The van der Waals surface area contributed by atoms with Crippen LogP contribution in [0.2, 0.25) is 0 Å². The summed E-state index contributed by atoms with van der Waals surface area (Å²) in [5.41, 5.74) is 2.68. The number of ether oxygens (including phenoxy) is 1. The van der Waals surface area contributed by atoms with E-state index in [-0.39, 0.29) is 24.0 Å². The van der Waals surface area contributed by atoms with Crippen molar-refractivity contribution in [1.29, 1.82) is 0 Å². The van der Waals surface area contributed by atoms with Crippen LogP contribution in [0.4, 0.5) is 0 Å². The lowest BCUT2D eigenvalue weighted by atomic mass is 10.1. The van der Waals surface area contributed by atoms with Crippen molar-refractivity contribution in [3.63, 3.8) is 0 Å². The highest BCUT2D eigenvalue weighted by Gasteiger charge is 2.23. The Kier molecular flexibility index (Phi) is 11.2. The molecule has 0 aromatic heterocycles. The monoisotopic (exact) mass is 474 g/mol. The van der Waals surface area contributed by atoms with Crippen molar-refractivity contribution in [2.45, 2.75) is 52.7 Å². The minimum absolute atomic E-state index is 0. The predicted molar refractivity (Wildman–Crippen MR) is 121 cm³/mol. The summed E-state index contributed by atoms with van der Waals surface area (Å²) in [6.07, 6.45) is 1.04. The number of aliphatic imine (C=N–C) groups is 1. The lowest BCUT2D eigenvalue weighted by Gasteiger charge is -2.38. The van der Waals surface area contributed by atoms with Crippen LogP contribution in [0.3, 0.4) is 0 Å². The molecule has 2 unspecified atom stereocenters. The van der Waals surface area contributed by atoms with Crippen LogP contribution in [0, 0.1) is 0 Å². The van der Waals surface area contributed by atoms with Gasteiger partial charge in [-0.2, -0.15) is 0 Å². The van der Waals surface area contributed by atoms with Crippen molar-refractivity contribution in [3.8, 4) is 0 Å². The highest BCUT2D eigenvalue weighted by atomic mass is 127. The van der Waals surface area contributed by atoms with Gasteiger partial charge in [0.1, 0.15) is 0 Å². The van der Waals surface area contributed by atoms with Crippen LogP contribution in [-0.2, 0) is 17.7 Å². The van der Waals surface area contributed by atoms with Gasteiger partial charge in [0, 0.05) is 31.7 Å². The molecular weight excluding hydrogens is 439 g/mol. The van der Waals surface area contributed by atoms with E-state index >= 15 is 0 Å². The highest BCUT2D eigenvalue weighted by molar-refractivity contribution is 14.0. The maximum atomic E-state index is 5.54. The topological polar surface area (TPSA) is 48.9 Å². The van der Waals surface area contributed by atoms with E-state index in [2.05, 4.69) is 67.5 Å². The molecule has 1 aliphatic rings. The standard InChI is InChI=1S/C20H34N4O.HI/c1-5-18-9-7-8-10-19(18)14-23-20(21-6-2)22-13-16(3)24-11-12-25-15-17(24)4;/h7-10,16-17H,5-6,11-15H2,1-4H3,(H2,21,22,23);1H. The molecule has 0 amide bonds. The molecule has 0 saturated carbocycles. The van der Waals surface area contributed by atoms with Crippen molar-refractivity contribution in [3.05, 3.63) is 35.4 Å². The Balaban J connectivity index is 0.00000338. The largest absolute Gasteiger partial charge is 0.379 e. The molecule has 2 atom stereocenters. The summed E-state index contributed by atoms with van der Waals surface area (Å²) in [6, 6.07) is 9.47. The summed E-state index contributed by atoms with van der Waals surface area (Å²) in [7, 11) is 0. The molecular formula is C20H35IN4O. The van der Waals surface area contributed by atoms with Crippen LogP contribution in [0.15, 0.2) is 29.3 Å². The molecule has 0 radical (unpaired) electrons. The molecule has 26 heavy (non-hydrogen) atoms. The van der Waals surface area contributed by atoms with Gasteiger partial charge in [0.15, 0.2) is 5.96 Å². The second-order valence-corrected chi connectivity index (χ2v) is 6.71. The first-order valence-corrected chi connectivity index (χ1v) is 9.58. The van der Waals surface area contributed by atoms with Crippen molar-refractivity contribution in [1.82, 2.24) is 15.5 Å². The van der Waals surface area contributed by atoms with Gasteiger partial charge in [0.25, 0.3) is 0 Å². The molecule has 6 heteroatoms. The summed E-state index contributed by atoms with van der Waals surface area (Å²) < 4.78 is 5.54. The Morgan fingerprint density at radius 1 is 1.27 bits per heavy atom. The zero-order valence-corrected chi connectivity index (χ0v) is 19.0. The van der Waals surface area contributed by atoms with Crippen LogP contribution in [0.25, 0.3) is 0 Å². The van der Waals surface area contributed by atoms with Gasteiger partial charge >= 0.3 is 0 Å². The molecule has 1 aromatic rings. The Morgan fingerprint density at radius 3 is 2.65 bits per heavy atom. The predicted octanol–water partition coefficient (Wildman–Crippen LogP) is 3.03. The van der Waals surface area contributed by atoms with E-state index in [1.54, 1.807) is 0 Å². The number of hydrogen-bond donors (Lipinski definition) is 2. The van der Waals surface area contributed by atoms with Crippen LogP contribution < -0.4 is 10.6 Å². The number of rotatable bonds is 7. The molecule has 1 aromatic carbocycles. The van der Waals surface area contributed by atoms with E-state index in [1.165, 1.54) is 11.1 Å². The van der Waals surface area contributed by atoms with Gasteiger partial charge < -0.3 is 15.4 Å². The van der Waals surface area contributed by atoms with Gasteiger partial charge in [-0.05, 0) is 38.3 Å². The van der Waals surface area contributed by atoms with Crippen molar-refractivity contribution >= 4 is 29.9 Å². The fourth-order valence-corrected chi connectivity index (χ4v) is 3.32. The molecule has 5 nitrogen and oxygen atoms in total. The fourth-order valence-electron chi connectivity index (χ4n) is 3.32. The van der Waals surface area contributed by atoms with E-state index < -0.39 is 0 Å². The number of morpholine rings is 1. The molecule has 1 saturated heterocycles. The van der Waals surface area contributed by atoms with E-state index in [1.807, 2.05) is 0 Å². The Morgan fingerprint density at radius 2 is 2.00 bits per heavy atom. The SMILES string of the molecule is CCNC(=NCc1ccccc1CC)NCC(C)N1CCOCC1C.I. The third-order valence-corrected chi connectivity index (χ3v) is 4.80. The van der Waals surface area contributed by atoms with Crippen LogP contribution >= 0.6 is 24.0 Å². The van der Waals surface area contributed by atoms with E-state index in [9.17, 15) is 0 Å². The minimum Gasteiger partial charge on any atom is -0.379 e. The maximum absolute atomic E-state index is 5.54. The van der Waals surface area contributed by atoms with E-state index in [4.69, 9.17) is 9.73 Å². The molecule has 2 rings (SSSR count). The number of nitrogens with one attached hydrogen (secondary N) is 2. The normalized spacial score (nSPS) is 19.5. The van der Waals surface area contributed by atoms with Gasteiger partial charge in [0.05, 0.1) is 19.8 Å². The summed E-state index contributed by atoms with van der Waals surface area (Å²) >= 11 is 0. The van der Waals surface area contributed by atoms with Gasteiger partial charge in [-0.1, -0.05) is 31.2 Å². The number of nitrogens with zero attached hydrogens (tertiary/aromatic N) is 2. The summed E-state index contributed by atoms with van der Waals surface area (Å²) in [5.74, 6) is 0.890. The van der Waals surface area contributed by atoms with Crippen LogP contribution in [-0.4, -0.2) is 55.8 Å². The molecule has 0 spiro atoms. The Labute approximate surface area is 176 Å². The van der Waals surface area contributed by atoms with E-state index in [0.29, 0.717) is 18.6 Å². The molecule has 148 valence electrons. The molecule has 1 heterocycles. The average molecular weight is 474 g/mol. The first kappa shape index (κ1) is 23.2. The second kappa shape index (κ2) is 12.5. The van der Waals surface area contributed by atoms with Crippen molar-refractivity contribution < 1.29 is 4.74 Å². The lowest BCUT2D eigenvalue weighted by Crippen LogP contribution is -2.53. The summed E-state index contributed by atoms with van der Waals surface area (Å²) in [5, 5.41) is 6.86. The Bertz CT molecular complexity index is 552. The number of halogens is 1. The zero-order chi connectivity index (χ0) is 18.1. The van der Waals surface area contributed by atoms with Gasteiger partial charge in [-0.15, -0.1) is 24.0 Å². The first-order chi connectivity index (χ1) is 12.2. The number of guanidine groups is 1. The fraction of sp³-hybridized carbons (Fsp3) is 0.650. The molecule has 0 aliphatic carbocycles. The van der Waals surface area contributed by atoms with Crippen LogP contribution in [0.5, 0.6) is 0 Å². The molecule has 1 aliphatic heterocycles. The molecule has 1 fully saturated rings. The zero-order valence-electron chi connectivity index (χ0n) is 16.6. The quantitative estimate of drug-likeness (QED) is 0.363. The first-order valence-electron chi connectivity index (χ1n) is 9.58. The third-order valence-electron chi connectivity index (χ3n) is 4.80. The van der Waals surface area contributed by atoms with Crippen molar-refractivity contribution in [2.75, 3.05) is 32.8 Å². The van der Waals surface area contributed by atoms with Crippen molar-refractivity contribution in [2.24, 2.45) is 4.99 Å². The Hall–Kier alpha value is -0.860. The molecule has 0 bridgehead atoms. The molecule has 2 N–H and O–H groups in total. The van der Waals surface area contributed by atoms with Gasteiger partial charge in [-0.25, -0.2) is 4.99 Å². The summed E-state index contributed by atoms with van der Waals surface area (Å²) in [6.45, 7) is 13.9. The lowest BCUT2D eigenvalue weighted by molar-refractivity contribution is -0.0174. The third kappa shape index (κ3) is 7.04. The maximum Gasteiger partial charge on any atom is 0.191 e. The number of aryl methyl sites for hydroxylation is 1. The van der Waals surface area contributed by atoms with E-state index in [0.717, 1.165) is 45.2 Å². The average Bonchev–Trinajstić information content (AvgIpc) is 2.64. The smallest absolute Gasteiger partial charge is 0.191 e. The number of benzene rings is 1. The van der Waals surface area contributed by atoms with Crippen LogP contribution in [0.1, 0.15) is 38.8 Å². The minimum atomic E-state index is 0. The highest BCUT2D eigenvalue weighted by Crippen LogP contribution is 2.11. The second-order valence-electron chi connectivity index (χ2n) is 6.71. The summed E-state index contributed by atoms with van der Waals surface area (Å²) in [4.78, 5) is 7.29.